The lowest BCUT2D eigenvalue weighted by atomic mass is 10.1. The summed E-state index contributed by atoms with van der Waals surface area (Å²) in [5, 5.41) is 10.2. The van der Waals surface area contributed by atoms with Crippen LogP contribution in [0.15, 0.2) is 42.9 Å². The number of pyridine rings is 1. The van der Waals surface area contributed by atoms with E-state index in [0.717, 1.165) is 24.0 Å². The second-order valence-corrected chi connectivity index (χ2v) is 9.30. The van der Waals surface area contributed by atoms with Crippen molar-refractivity contribution in [3.05, 3.63) is 48.4 Å². The third-order valence-electron chi connectivity index (χ3n) is 6.51. The van der Waals surface area contributed by atoms with E-state index in [4.69, 9.17) is 15.2 Å². The first kappa shape index (κ1) is 26.2. The summed E-state index contributed by atoms with van der Waals surface area (Å²) in [5.41, 5.74) is 8.51. The summed E-state index contributed by atoms with van der Waals surface area (Å²) in [5.74, 6) is 0.266. The number of benzene rings is 1. The van der Waals surface area contributed by atoms with E-state index in [2.05, 4.69) is 20.7 Å². The molecule has 3 aromatic rings. The minimum atomic E-state index is -0.632. The first-order valence-corrected chi connectivity index (χ1v) is 12.5. The number of aryl methyl sites for hydroxylation is 1. The summed E-state index contributed by atoms with van der Waals surface area (Å²) in [6.45, 7) is 0. The molecule has 1 aromatic carbocycles. The molecule has 10 nitrogen and oxygen atoms in total. The van der Waals surface area contributed by atoms with Crippen LogP contribution in [0.2, 0.25) is 0 Å². The molecule has 2 aliphatic rings. The second-order valence-electron chi connectivity index (χ2n) is 9.30. The van der Waals surface area contributed by atoms with Crippen LogP contribution in [0.3, 0.4) is 0 Å². The highest BCUT2D eigenvalue weighted by atomic mass is 16.5. The Morgan fingerprint density at radius 3 is 2.41 bits per heavy atom. The zero-order valence-electron chi connectivity index (χ0n) is 21.5. The van der Waals surface area contributed by atoms with Crippen molar-refractivity contribution in [3.63, 3.8) is 0 Å². The molecule has 2 aromatic heterocycles. The van der Waals surface area contributed by atoms with Gasteiger partial charge in [0.05, 0.1) is 36.3 Å². The van der Waals surface area contributed by atoms with Crippen LogP contribution in [-0.4, -0.2) is 46.9 Å². The van der Waals surface area contributed by atoms with Gasteiger partial charge < -0.3 is 25.8 Å². The Morgan fingerprint density at radius 1 is 1.08 bits per heavy atom. The minimum Gasteiger partial charge on any atom is -0.494 e. The van der Waals surface area contributed by atoms with E-state index in [1.807, 2.05) is 31.4 Å². The molecule has 2 fully saturated rings. The normalized spacial score (nSPS) is 15.0. The number of carbonyl (C=O) groups excluding carboxylic acids is 2. The van der Waals surface area contributed by atoms with Gasteiger partial charge in [0, 0.05) is 49.7 Å². The molecule has 5 rings (SSSR count). The average molecular weight is 507 g/mol. The van der Waals surface area contributed by atoms with Gasteiger partial charge in [0.15, 0.2) is 0 Å². The number of primary amides is 1. The molecular weight excluding hydrogens is 472 g/mol. The number of aromatic nitrogens is 3. The van der Waals surface area contributed by atoms with Crippen molar-refractivity contribution in [1.29, 1.82) is 0 Å². The summed E-state index contributed by atoms with van der Waals surface area (Å²) < 4.78 is 12.5. The Morgan fingerprint density at radius 2 is 1.84 bits per heavy atom. The van der Waals surface area contributed by atoms with Crippen LogP contribution in [0.5, 0.6) is 5.75 Å². The summed E-state index contributed by atoms with van der Waals surface area (Å²) >= 11 is 0. The molecule has 2 amide bonds. The number of methoxy groups -OCH3 is 2. The molecule has 2 heterocycles. The highest BCUT2D eigenvalue weighted by molar-refractivity contribution is 6.01. The number of nitrogens with one attached hydrogen (secondary N) is 2. The lowest BCUT2D eigenvalue weighted by molar-refractivity contribution is -0.117. The van der Waals surface area contributed by atoms with Gasteiger partial charge in [-0.3, -0.25) is 14.3 Å². The molecule has 0 unspecified atom stereocenters. The maximum absolute atomic E-state index is 12.1. The van der Waals surface area contributed by atoms with Gasteiger partial charge in [-0.15, -0.1) is 0 Å². The lowest BCUT2D eigenvalue weighted by Gasteiger charge is -2.16. The van der Waals surface area contributed by atoms with Crippen molar-refractivity contribution in [2.75, 3.05) is 24.9 Å². The van der Waals surface area contributed by atoms with Crippen molar-refractivity contribution < 1.29 is 19.1 Å². The predicted molar refractivity (Wildman–Crippen MR) is 142 cm³/mol. The van der Waals surface area contributed by atoms with Crippen molar-refractivity contribution >= 4 is 29.0 Å². The highest BCUT2D eigenvalue weighted by Crippen LogP contribution is 2.38. The molecule has 2 aliphatic carbocycles. The number of carbonyl (C=O) groups is 2. The van der Waals surface area contributed by atoms with Gasteiger partial charge in [-0.1, -0.05) is 25.0 Å². The van der Waals surface area contributed by atoms with Crippen LogP contribution >= 0.6 is 0 Å². The monoisotopic (exact) mass is 506 g/mol. The summed E-state index contributed by atoms with van der Waals surface area (Å²) in [4.78, 5) is 28.1. The molecule has 4 N–H and O–H groups in total. The molecule has 37 heavy (non-hydrogen) atoms. The second kappa shape index (κ2) is 11.9. The first-order valence-electron chi connectivity index (χ1n) is 12.5. The van der Waals surface area contributed by atoms with Crippen LogP contribution in [0.25, 0.3) is 11.1 Å². The van der Waals surface area contributed by atoms with Crippen molar-refractivity contribution in [3.8, 4) is 16.9 Å². The van der Waals surface area contributed by atoms with Crippen LogP contribution in [0.4, 0.5) is 17.2 Å². The van der Waals surface area contributed by atoms with Gasteiger partial charge in [0.1, 0.15) is 11.6 Å². The summed E-state index contributed by atoms with van der Waals surface area (Å²) in [7, 11) is 5.21. The zero-order valence-corrected chi connectivity index (χ0v) is 21.5. The number of hydrogen-bond acceptors (Lipinski definition) is 7. The van der Waals surface area contributed by atoms with Crippen LogP contribution in [0, 0.1) is 5.92 Å². The van der Waals surface area contributed by atoms with E-state index < -0.39 is 5.91 Å². The molecule has 0 aliphatic heterocycles. The maximum Gasteiger partial charge on any atom is 0.252 e. The predicted octanol–water partition coefficient (Wildman–Crippen LogP) is 4.26. The molecule has 196 valence electrons. The van der Waals surface area contributed by atoms with Crippen molar-refractivity contribution in [2.45, 2.75) is 44.6 Å². The van der Waals surface area contributed by atoms with E-state index in [0.29, 0.717) is 29.0 Å². The molecule has 0 radical (unpaired) electrons. The molecule has 10 heteroatoms. The zero-order chi connectivity index (χ0) is 26.4. The van der Waals surface area contributed by atoms with Crippen LogP contribution in [0.1, 0.15) is 48.9 Å². The fourth-order valence-electron chi connectivity index (χ4n) is 4.31. The molecule has 0 atom stereocenters. The number of rotatable bonds is 8. The first-order chi connectivity index (χ1) is 17.9. The topological polar surface area (TPSA) is 133 Å². The van der Waals surface area contributed by atoms with Gasteiger partial charge in [0.25, 0.3) is 5.91 Å². The third kappa shape index (κ3) is 6.65. The van der Waals surface area contributed by atoms with E-state index in [-0.39, 0.29) is 17.4 Å². The minimum absolute atomic E-state index is 0.0373. The van der Waals surface area contributed by atoms with E-state index >= 15 is 0 Å². The Balaban J connectivity index is 0.000000396. The molecule has 2 saturated carbocycles. The lowest BCUT2D eigenvalue weighted by Crippen LogP contribution is -2.17. The number of amides is 2. The summed E-state index contributed by atoms with van der Waals surface area (Å²) in [6, 6.07) is 7.21. The van der Waals surface area contributed by atoms with Gasteiger partial charge in [-0.25, -0.2) is 4.98 Å². The number of hydrogen-bond donors (Lipinski definition) is 3. The SMILES string of the molecule is COC1CCCC1.COc1c(Nc2cc(NC(=O)C3CC3)ncc2C(N)=O)cccc1-c1cnn(C)c1. The van der Waals surface area contributed by atoms with E-state index in [9.17, 15) is 9.59 Å². The Labute approximate surface area is 216 Å². The van der Waals surface area contributed by atoms with Gasteiger partial charge in [-0.2, -0.15) is 5.10 Å². The highest BCUT2D eigenvalue weighted by Gasteiger charge is 2.30. The summed E-state index contributed by atoms with van der Waals surface area (Å²) in [6.07, 6.45) is 12.7. The number of anilines is 3. The molecule has 0 spiro atoms. The van der Waals surface area contributed by atoms with Crippen molar-refractivity contribution in [1.82, 2.24) is 14.8 Å². The third-order valence-corrected chi connectivity index (χ3v) is 6.51. The molecule has 0 saturated heterocycles. The molecule has 0 bridgehead atoms. The number of para-hydroxylation sites is 1. The quantitative estimate of drug-likeness (QED) is 0.416. The number of nitrogens with zero attached hydrogens (tertiary/aromatic N) is 3. The Hall–Kier alpha value is -3.92. The van der Waals surface area contributed by atoms with Gasteiger partial charge in [-0.05, 0) is 31.7 Å². The van der Waals surface area contributed by atoms with Crippen LogP contribution in [-0.2, 0) is 16.6 Å². The Kier molecular flexibility index (Phi) is 8.39. The largest absolute Gasteiger partial charge is 0.494 e. The number of nitrogens with two attached hydrogens (primary N) is 1. The van der Waals surface area contributed by atoms with Crippen LogP contribution < -0.4 is 21.1 Å². The van der Waals surface area contributed by atoms with Gasteiger partial charge in [0.2, 0.25) is 5.91 Å². The molecular formula is C27H34N6O4. The maximum atomic E-state index is 12.1. The Bertz CT molecular complexity index is 1250. The fourth-order valence-corrected chi connectivity index (χ4v) is 4.31. The van der Waals surface area contributed by atoms with E-state index in [1.165, 1.54) is 31.9 Å². The fraction of sp³-hybridized carbons (Fsp3) is 0.407. The van der Waals surface area contributed by atoms with Crippen molar-refractivity contribution in [2.24, 2.45) is 18.7 Å². The average Bonchev–Trinajstić information content (AvgIpc) is 3.43. The number of ether oxygens (including phenoxy) is 2. The van der Waals surface area contributed by atoms with E-state index in [1.54, 1.807) is 31.2 Å². The smallest absolute Gasteiger partial charge is 0.252 e. The standard InChI is InChI=1S/C21H22N6O3.C6H12O/c1-27-11-13(9-24-27)14-4-3-5-16(19(14)30-2)25-17-8-18(23-10-15(17)20(22)28)26-21(29)12-6-7-12;1-7-6-4-2-3-5-6/h3-5,8-12H,6-7H2,1-2H3,(H2,22,28)(H2,23,25,26,29);6H,2-5H2,1H3. The van der Waals surface area contributed by atoms with Gasteiger partial charge >= 0.3 is 0 Å².